The van der Waals surface area contributed by atoms with Crippen LogP contribution in [-0.2, 0) is 6.54 Å². The lowest BCUT2D eigenvalue weighted by Gasteiger charge is -2.37. The number of likely N-dealkylation sites (tertiary alicyclic amines) is 1. The number of halogens is 1. The standard InChI is InChI=1S/C10H14ClN3O/c1-7-2-9(11)13-10(12-7)5-14-3-8(4-14)6-15/h2,8,15H,3-6H2,1H3. The Hall–Kier alpha value is -0.710. The predicted octanol–water partition coefficient (Wildman–Crippen LogP) is 0.863. The summed E-state index contributed by atoms with van der Waals surface area (Å²) >= 11 is 5.84. The maximum Gasteiger partial charge on any atom is 0.144 e. The summed E-state index contributed by atoms with van der Waals surface area (Å²) in [5, 5.41) is 9.38. The summed E-state index contributed by atoms with van der Waals surface area (Å²) in [7, 11) is 0. The van der Waals surface area contributed by atoms with E-state index in [2.05, 4.69) is 14.9 Å². The molecule has 1 aromatic heterocycles. The van der Waals surface area contributed by atoms with Gasteiger partial charge in [0.15, 0.2) is 0 Å². The molecular weight excluding hydrogens is 214 g/mol. The minimum atomic E-state index is 0.270. The molecule has 0 radical (unpaired) electrons. The molecule has 1 fully saturated rings. The van der Waals surface area contributed by atoms with Crippen molar-refractivity contribution in [1.82, 2.24) is 14.9 Å². The smallest absolute Gasteiger partial charge is 0.144 e. The van der Waals surface area contributed by atoms with E-state index in [-0.39, 0.29) is 6.61 Å². The van der Waals surface area contributed by atoms with Gasteiger partial charge >= 0.3 is 0 Å². The molecular formula is C10H14ClN3O. The largest absolute Gasteiger partial charge is 0.396 e. The van der Waals surface area contributed by atoms with Crippen LogP contribution >= 0.6 is 11.6 Å². The minimum Gasteiger partial charge on any atom is -0.396 e. The van der Waals surface area contributed by atoms with Gasteiger partial charge in [-0.3, -0.25) is 4.90 Å². The summed E-state index contributed by atoms with van der Waals surface area (Å²) < 4.78 is 0. The van der Waals surface area contributed by atoms with Crippen molar-refractivity contribution in [2.45, 2.75) is 13.5 Å². The zero-order valence-corrected chi connectivity index (χ0v) is 9.41. The average molecular weight is 228 g/mol. The first kappa shape index (κ1) is 10.8. The van der Waals surface area contributed by atoms with Crippen molar-refractivity contribution in [1.29, 1.82) is 0 Å². The SMILES string of the molecule is Cc1cc(Cl)nc(CN2CC(CO)C2)n1. The Bertz CT molecular complexity index is 332. The Morgan fingerprint density at radius 2 is 2.27 bits per heavy atom. The van der Waals surface area contributed by atoms with E-state index in [4.69, 9.17) is 16.7 Å². The Morgan fingerprint density at radius 3 is 2.87 bits per heavy atom. The van der Waals surface area contributed by atoms with Crippen molar-refractivity contribution in [3.8, 4) is 0 Å². The molecule has 0 bridgehead atoms. The second-order valence-corrected chi connectivity index (χ2v) is 4.38. The van der Waals surface area contributed by atoms with Crippen LogP contribution in [0, 0.1) is 12.8 Å². The third-order valence-electron chi connectivity index (χ3n) is 2.53. The van der Waals surface area contributed by atoms with Crippen LogP contribution in [0.2, 0.25) is 5.15 Å². The number of aromatic nitrogens is 2. The normalized spacial score (nSPS) is 17.8. The van der Waals surface area contributed by atoms with Crippen molar-refractivity contribution < 1.29 is 5.11 Å². The van der Waals surface area contributed by atoms with Gasteiger partial charge in [0.1, 0.15) is 11.0 Å². The van der Waals surface area contributed by atoms with Gasteiger partial charge in [-0.25, -0.2) is 9.97 Å². The summed E-state index contributed by atoms with van der Waals surface area (Å²) in [6, 6.07) is 1.75. The first-order valence-electron chi connectivity index (χ1n) is 5.00. The Labute approximate surface area is 93.9 Å². The van der Waals surface area contributed by atoms with Crippen molar-refractivity contribution in [2.24, 2.45) is 5.92 Å². The monoisotopic (exact) mass is 227 g/mol. The maximum absolute atomic E-state index is 8.88. The number of aliphatic hydroxyl groups is 1. The van der Waals surface area contributed by atoms with E-state index >= 15 is 0 Å². The Morgan fingerprint density at radius 1 is 1.53 bits per heavy atom. The van der Waals surface area contributed by atoms with Crippen molar-refractivity contribution in [3.05, 3.63) is 22.7 Å². The van der Waals surface area contributed by atoms with Crippen LogP contribution in [0.1, 0.15) is 11.5 Å². The van der Waals surface area contributed by atoms with E-state index < -0.39 is 0 Å². The molecule has 0 atom stereocenters. The number of aliphatic hydroxyl groups excluding tert-OH is 1. The minimum absolute atomic E-state index is 0.270. The molecule has 1 aliphatic rings. The van der Waals surface area contributed by atoms with Crippen LogP contribution in [-0.4, -0.2) is 39.7 Å². The third kappa shape index (κ3) is 2.65. The van der Waals surface area contributed by atoms with E-state index in [0.717, 1.165) is 31.2 Å². The van der Waals surface area contributed by atoms with Gasteiger partial charge < -0.3 is 5.11 Å². The fourth-order valence-electron chi connectivity index (χ4n) is 1.78. The quantitative estimate of drug-likeness (QED) is 0.779. The summed E-state index contributed by atoms with van der Waals surface area (Å²) in [5.74, 6) is 1.18. The van der Waals surface area contributed by atoms with E-state index in [1.807, 2.05) is 6.92 Å². The Kier molecular flexibility index (Phi) is 3.19. The van der Waals surface area contributed by atoms with Crippen LogP contribution in [0.25, 0.3) is 0 Å². The maximum atomic E-state index is 8.88. The molecule has 0 spiro atoms. The van der Waals surface area contributed by atoms with Gasteiger partial charge in [0.05, 0.1) is 6.54 Å². The first-order chi connectivity index (χ1) is 7.17. The number of rotatable bonds is 3. The number of hydrogen-bond donors (Lipinski definition) is 1. The highest BCUT2D eigenvalue weighted by Crippen LogP contribution is 2.17. The van der Waals surface area contributed by atoms with E-state index in [0.29, 0.717) is 11.1 Å². The van der Waals surface area contributed by atoms with Gasteiger partial charge in [0.25, 0.3) is 0 Å². The fraction of sp³-hybridized carbons (Fsp3) is 0.600. The van der Waals surface area contributed by atoms with Crippen molar-refractivity contribution in [3.63, 3.8) is 0 Å². The van der Waals surface area contributed by atoms with Crippen LogP contribution in [0.15, 0.2) is 6.07 Å². The van der Waals surface area contributed by atoms with Gasteiger partial charge in [-0.1, -0.05) is 11.6 Å². The van der Waals surface area contributed by atoms with Gasteiger partial charge in [-0.15, -0.1) is 0 Å². The van der Waals surface area contributed by atoms with Crippen LogP contribution in [0.5, 0.6) is 0 Å². The molecule has 0 amide bonds. The van der Waals surface area contributed by atoms with Crippen molar-refractivity contribution >= 4 is 11.6 Å². The van der Waals surface area contributed by atoms with E-state index in [1.165, 1.54) is 0 Å². The highest BCUT2D eigenvalue weighted by molar-refractivity contribution is 6.29. The van der Waals surface area contributed by atoms with Crippen molar-refractivity contribution in [2.75, 3.05) is 19.7 Å². The molecule has 1 saturated heterocycles. The van der Waals surface area contributed by atoms with Gasteiger partial charge in [0, 0.05) is 31.3 Å². The molecule has 5 heteroatoms. The molecule has 0 aromatic carbocycles. The average Bonchev–Trinajstić information content (AvgIpc) is 2.08. The summed E-state index contributed by atoms with van der Waals surface area (Å²) in [5.41, 5.74) is 0.893. The summed E-state index contributed by atoms with van der Waals surface area (Å²) in [6.45, 7) is 4.74. The lowest BCUT2D eigenvalue weighted by Crippen LogP contribution is -2.47. The zero-order chi connectivity index (χ0) is 10.8. The molecule has 1 aromatic rings. The highest BCUT2D eigenvalue weighted by atomic mass is 35.5. The van der Waals surface area contributed by atoms with Gasteiger partial charge in [0.2, 0.25) is 0 Å². The van der Waals surface area contributed by atoms with E-state index in [9.17, 15) is 0 Å². The predicted molar refractivity (Wildman–Crippen MR) is 57.6 cm³/mol. The first-order valence-corrected chi connectivity index (χ1v) is 5.38. The number of aryl methyl sites for hydroxylation is 1. The molecule has 2 heterocycles. The van der Waals surface area contributed by atoms with Gasteiger partial charge in [-0.05, 0) is 13.0 Å². The second kappa shape index (κ2) is 4.43. The molecule has 0 saturated carbocycles. The molecule has 82 valence electrons. The summed E-state index contributed by atoms with van der Waals surface area (Å²) in [4.78, 5) is 10.7. The molecule has 0 unspecified atom stereocenters. The molecule has 4 nitrogen and oxygen atoms in total. The lowest BCUT2D eigenvalue weighted by molar-refractivity contribution is 0.0459. The topological polar surface area (TPSA) is 49.2 Å². The lowest BCUT2D eigenvalue weighted by atomic mass is 10.0. The number of nitrogens with zero attached hydrogens (tertiary/aromatic N) is 3. The second-order valence-electron chi connectivity index (χ2n) is 3.99. The van der Waals surface area contributed by atoms with Crippen LogP contribution in [0.3, 0.4) is 0 Å². The summed E-state index contributed by atoms with van der Waals surface area (Å²) in [6.07, 6.45) is 0. The third-order valence-corrected chi connectivity index (χ3v) is 2.72. The molecule has 2 rings (SSSR count). The van der Waals surface area contributed by atoms with Gasteiger partial charge in [-0.2, -0.15) is 0 Å². The highest BCUT2D eigenvalue weighted by Gasteiger charge is 2.26. The Balaban J connectivity index is 1.94. The molecule has 1 N–H and O–H groups in total. The zero-order valence-electron chi connectivity index (χ0n) is 8.65. The fourth-order valence-corrected chi connectivity index (χ4v) is 2.04. The van der Waals surface area contributed by atoms with E-state index in [1.54, 1.807) is 6.07 Å². The molecule has 15 heavy (non-hydrogen) atoms. The van der Waals surface area contributed by atoms with Crippen LogP contribution in [0.4, 0.5) is 0 Å². The van der Waals surface area contributed by atoms with Crippen LogP contribution < -0.4 is 0 Å². The molecule has 1 aliphatic heterocycles. The molecule has 0 aliphatic carbocycles. The number of hydrogen-bond acceptors (Lipinski definition) is 4.